The number of carbonyl (C=O) groups is 1. The van der Waals surface area contributed by atoms with Crippen molar-refractivity contribution < 1.29 is 13.7 Å². The van der Waals surface area contributed by atoms with Gasteiger partial charge in [0.15, 0.2) is 0 Å². The summed E-state index contributed by atoms with van der Waals surface area (Å²) in [7, 11) is -2.91. The summed E-state index contributed by atoms with van der Waals surface area (Å²) in [5, 5.41) is 12.9. The maximum absolute atomic E-state index is 12.8. The van der Waals surface area contributed by atoms with Crippen LogP contribution >= 0.6 is 11.3 Å². The van der Waals surface area contributed by atoms with Crippen LogP contribution in [0.4, 0.5) is 22.2 Å². The minimum Gasteiger partial charge on any atom is -0.448 e. The Bertz CT molecular complexity index is 1400. The normalized spacial score (nSPS) is 12.5. The molecule has 188 valence electrons. The third-order valence-electron chi connectivity index (χ3n) is 5.06. The molecule has 0 bridgehead atoms. The molecule has 1 amide bonds. The lowest BCUT2D eigenvalue weighted by Crippen LogP contribution is -2.10. The van der Waals surface area contributed by atoms with Gasteiger partial charge in [-0.15, -0.1) is 15.7 Å². The Balaban J connectivity index is 1.48. The van der Waals surface area contributed by atoms with E-state index in [1.807, 2.05) is 34.5 Å². The Kier molecular flexibility index (Phi) is 8.28. The summed E-state index contributed by atoms with van der Waals surface area (Å²) in [4.78, 5) is 22.3. The molecule has 0 aliphatic carbocycles. The zero-order valence-electron chi connectivity index (χ0n) is 20.0. The van der Waals surface area contributed by atoms with Crippen LogP contribution < -0.4 is 10.6 Å². The minimum atomic E-state index is -2.91. The van der Waals surface area contributed by atoms with Crippen LogP contribution in [0.25, 0.3) is 10.4 Å². The predicted molar refractivity (Wildman–Crippen MR) is 142 cm³/mol. The Morgan fingerprint density at radius 3 is 2.75 bits per heavy atom. The maximum atomic E-state index is 12.8. The van der Waals surface area contributed by atoms with E-state index in [0.29, 0.717) is 16.5 Å². The molecule has 0 saturated heterocycles. The highest BCUT2D eigenvalue weighted by molar-refractivity contribution is 7.93. The van der Waals surface area contributed by atoms with Gasteiger partial charge in [-0.1, -0.05) is 6.07 Å². The molecule has 12 heteroatoms. The number of aryl methyl sites for hydroxylation is 1. The first-order valence-electron chi connectivity index (χ1n) is 11.3. The van der Waals surface area contributed by atoms with E-state index in [1.165, 1.54) is 6.26 Å². The average molecular weight is 526 g/mol. The number of ether oxygens (including phenoxy) is 1. The van der Waals surface area contributed by atoms with Gasteiger partial charge in [0.05, 0.1) is 21.9 Å². The highest BCUT2D eigenvalue weighted by atomic mass is 32.2. The second kappa shape index (κ2) is 11.8. The number of hydrogen-bond donors (Lipinski definition) is 2. The lowest BCUT2D eigenvalue weighted by molar-refractivity contribution is 0.164. The number of nitrogens with one attached hydrogen (secondary N) is 2. The molecule has 0 aliphatic heterocycles. The van der Waals surface area contributed by atoms with Crippen molar-refractivity contribution in [2.75, 3.05) is 30.0 Å². The fourth-order valence-corrected chi connectivity index (χ4v) is 5.16. The molecule has 1 atom stereocenters. The molecule has 10 nitrogen and oxygen atoms in total. The van der Waals surface area contributed by atoms with Gasteiger partial charge in [0, 0.05) is 53.4 Å². The first kappa shape index (κ1) is 25.3. The van der Waals surface area contributed by atoms with Crippen LogP contribution in [0.3, 0.4) is 0 Å². The van der Waals surface area contributed by atoms with E-state index >= 15 is 0 Å². The second-order valence-corrected chi connectivity index (χ2v) is 10.9. The van der Waals surface area contributed by atoms with E-state index < -0.39 is 15.8 Å². The van der Waals surface area contributed by atoms with Gasteiger partial charge >= 0.3 is 6.09 Å². The van der Waals surface area contributed by atoms with Gasteiger partial charge in [-0.2, -0.15) is 10.1 Å². The van der Waals surface area contributed by atoms with Crippen molar-refractivity contribution >= 4 is 44.6 Å². The number of rotatable bonds is 10. The molecule has 0 saturated carbocycles. The van der Waals surface area contributed by atoms with Crippen molar-refractivity contribution in [3.8, 4) is 10.4 Å². The van der Waals surface area contributed by atoms with E-state index in [9.17, 15) is 9.00 Å². The van der Waals surface area contributed by atoms with Crippen molar-refractivity contribution in [2.24, 2.45) is 4.36 Å². The number of aromatic nitrogens is 4. The molecule has 1 aromatic carbocycles. The maximum Gasteiger partial charge on any atom is 0.442 e. The number of benzene rings is 1. The summed E-state index contributed by atoms with van der Waals surface area (Å²) < 4.78 is 23.2. The smallest absolute Gasteiger partial charge is 0.442 e. The molecule has 0 radical (unpaired) electrons. The molecule has 4 rings (SSSR count). The molecule has 3 aromatic heterocycles. The monoisotopic (exact) mass is 525 g/mol. The summed E-state index contributed by atoms with van der Waals surface area (Å²) in [6.07, 6.45) is 6.96. The van der Waals surface area contributed by atoms with Crippen molar-refractivity contribution in [3.05, 3.63) is 66.4 Å². The highest BCUT2D eigenvalue weighted by Crippen LogP contribution is 2.31. The molecule has 0 aliphatic rings. The molecule has 1 unspecified atom stereocenters. The Labute approximate surface area is 213 Å². The van der Waals surface area contributed by atoms with Gasteiger partial charge in [-0.25, -0.2) is 14.0 Å². The number of anilines is 3. The summed E-state index contributed by atoms with van der Waals surface area (Å²) >= 11 is 1.62. The Morgan fingerprint density at radius 1 is 1.22 bits per heavy atom. The van der Waals surface area contributed by atoms with Gasteiger partial charge < -0.3 is 15.4 Å². The standard InChI is InChI=1S/C24H27N7O3S2/c1-3-34-24(32)30-36(2,33)19-10-8-18(9-11-19)28-23-26-17-20(21-7-4-16-35-21)22(29-23)25-12-5-14-31-15-6-13-27-31/h4,6-11,13,15-17H,3,5,12,14H2,1-2H3,(H2,25,26,28,29). The minimum absolute atomic E-state index is 0.174. The number of thiophene rings is 1. The first-order chi connectivity index (χ1) is 17.4. The molecule has 3 heterocycles. The predicted octanol–water partition coefficient (Wildman–Crippen LogP) is 5.26. The quantitative estimate of drug-likeness (QED) is 0.269. The average Bonchev–Trinajstić information content (AvgIpc) is 3.57. The Hall–Kier alpha value is -3.77. The van der Waals surface area contributed by atoms with Crippen molar-refractivity contribution in [2.45, 2.75) is 24.8 Å². The molecule has 0 fully saturated rings. The third kappa shape index (κ3) is 6.67. The van der Waals surface area contributed by atoms with Crippen molar-refractivity contribution in [1.29, 1.82) is 0 Å². The molecule has 4 aromatic rings. The zero-order valence-corrected chi connectivity index (χ0v) is 21.6. The zero-order chi connectivity index (χ0) is 25.4. The van der Waals surface area contributed by atoms with Crippen LogP contribution in [-0.2, 0) is 21.0 Å². The van der Waals surface area contributed by atoms with Crippen LogP contribution in [0.15, 0.2) is 75.7 Å². The van der Waals surface area contributed by atoms with E-state index in [2.05, 4.69) is 25.1 Å². The lowest BCUT2D eigenvalue weighted by atomic mass is 10.2. The van der Waals surface area contributed by atoms with E-state index in [1.54, 1.807) is 54.9 Å². The highest BCUT2D eigenvalue weighted by Gasteiger charge is 2.13. The van der Waals surface area contributed by atoms with E-state index in [0.717, 1.165) is 35.8 Å². The molecule has 2 N–H and O–H groups in total. The lowest BCUT2D eigenvalue weighted by Gasteiger charge is -2.13. The van der Waals surface area contributed by atoms with E-state index in [4.69, 9.17) is 9.72 Å². The van der Waals surface area contributed by atoms with Crippen molar-refractivity contribution in [1.82, 2.24) is 19.7 Å². The summed E-state index contributed by atoms with van der Waals surface area (Å²) in [5.74, 6) is 1.16. The van der Waals surface area contributed by atoms with Crippen LogP contribution in [-0.4, -0.2) is 49.5 Å². The fraction of sp³-hybridized carbons (Fsp3) is 0.250. The topological polar surface area (TPSA) is 123 Å². The van der Waals surface area contributed by atoms with E-state index in [-0.39, 0.29) is 6.61 Å². The van der Waals surface area contributed by atoms with Gasteiger partial charge in [-0.05, 0) is 55.1 Å². The first-order valence-corrected chi connectivity index (χ1v) is 14.1. The second-order valence-electron chi connectivity index (χ2n) is 7.72. The summed E-state index contributed by atoms with van der Waals surface area (Å²) in [5.41, 5.74) is 1.63. The van der Waals surface area contributed by atoms with Crippen LogP contribution in [0.5, 0.6) is 0 Å². The van der Waals surface area contributed by atoms with Gasteiger partial charge in [0.1, 0.15) is 5.82 Å². The molecule has 0 spiro atoms. The summed E-state index contributed by atoms with van der Waals surface area (Å²) in [6, 6.07) is 12.7. The number of amides is 1. The third-order valence-corrected chi connectivity index (χ3v) is 7.60. The van der Waals surface area contributed by atoms with Crippen molar-refractivity contribution in [3.63, 3.8) is 0 Å². The number of carbonyl (C=O) groups excluding carboxylic acids is 1. The van der Waals surface area contributed by atoms with Crippen LogP contribution in [0.1, 0.15) is 13.3 Å². The number of hydrogen-bond acceptors (Lipinski definition) is 9. The van der Waals surface area contributed by atoms with Crippen LogP contribution in [0.2, 0.25) is 0 Å². The summed E-state index contributed by atoms with van der Waals surface area (Å²) in [6.45, 7) is 3.37. The molecular weight excluding hydrogens is 498 g/mol. The van der Waals surface area contributed by atoms with Gasteiger partial charge in [0.2, 0.25) is 5.95 Å². The molecule has 36 heavy (non-hydrogen) atoms. The Morgan fingerprint density at radius 2 is 2.06 bits per heavy atom. The largest absolute Gasteiger partial charge is 0.448 e. The molecular formula is C24H27N7O3S2. The SMILES string of the molecule is CCOC(=O)N=S(C)(=O)c1ccc(Nc2ncc(-c3cccs3)c(NCCCn3cccn3)n2)cc1. The van der Waals surface area contributed by atoms with Crippen LogP contribution in [0, 0.1) is 0 Å². The fourth-order valence-electron chi connectivity index (χ4n) is 3.33. The number of nitrogens with zero attached hydrogens (tertiary/aromatic N) is 5. The van der Waals surface area contributed by atoms with Gasteiger partial charge in [0.25, 0.3) is 0 Å². The van der Waals surface area contributed by atoms with Gasteiger partial charge in [-0.3, -0.25) is 4.68 Å².